The predicted octanol–water partition coefficient (Wildman–Crippen LogP) is 0.588. The Bertz CT molecular complexity index is 712. The first-order valence-electron chi connectivity index (χ1n) is 7.66. The number of nitrogens with zero attached hydrogens (tertiary/aromatic N) is 2. The van der Waals surface area contributed by atoms with E-state index in [1.807, 2.05) is 6.07 Å². The summed E-state index contributed by atoms with van der Waals surface area (Å²) in [5.41, 5.74) is 0.650. The first-order valence-corrected chi connectivity index (χ1v) is 9.14. The van der Waals surface area contributed by atoms with Crippen LogP contribution in [-0.4, -0.2) is 57.5 Å². The monoisotopic (exact) mass is 321 g/mol. The topological polar surface area (TPSA) is 71.0 Å². The van der Waals surface area contributed by atoms with Crippen LogP contribution in [0.2, 0.25) is 0 Å². The van der Waals surface area contributed by atoms with Crippen LogP contribution < -0.4 is 4.72 Å². The summed E-state index contributed by atoms with van der Waals surface area (Å²) >= 11 is 0. The summed E-state index contributed by atoms with van der Waals surface area (Å²) in [6.07, 6.45) is 2.61. The first-order chi connectivity index (χ1) is 10.6. The zero-order chi connectivity index (χ0) is 15.2. The fourth-order valence-corrected chi connectivity index (χ4v) is 4.32. The van der Waals surface area contributed by atoms with Crippen molar-refractivity contribution in [3.05, 3.63) is 29.8 Å². The molecule has 1 aromatic rings. The van der Waals surface area contributed by atoms with Gasteiger partial charge in [-0.2, -0.15) is 0 Å². The van der Waals surface area contributed by atoms with Crippen LogP contribution in [0.4, 0.5) is 0 Å². The average molecular weight is 321 g/mol. The molecule has 1 N–H and O–H groups in total. The van der Waals surface area contributed by atoms with E-state index in [0.717, 1.165) is 25.7 Å². The number of fused-ring (bicyclic) bond motifs is 1. The van der Waals surface area contributed by atoms with Crippen LogP contribution >= 0.6 is 0 Å². The molecule has 0 bridgehead atoms. The summed E-state index contributed by atoms with van der Waals surface area (Å²) < 4.78 is 32.4. The zero-order valence-electron chi connectivity index (χ0n) is 12.2. The van der Waals surface area contributed by atoms with Gasteiger partial charge in [0.15, 0.2) is 0 Å². The van der Waals surface area contributed by atoms with Crippen LogP contribution in [0.5, 0.6) is 0 Å². The van der Waals surface area contributed by atoms with Crippen molar-refractivity contribution in [2.75, 3.05) is 26.2 Å². The van der Waals surface area contributed by atoms with Gasteiger partial charge in [-0.15, -0.1) is 0 Å². The summed E-state index contributed by atoms with van der Waals surface area (Å²) in [5, 5.41) is 0. The number of hydrogen-bond donors (Lipinski definition) is 1. The van der Waals surface area contributed by atoms with E-state index >= 15 is 0 Å². The van der Waals surface area contributed by atoms with Crippen LogP contribution in [0.15, 0.2) is 34.2 Å². The highest BCUT2D eigenvalue weighted by Crippen LogP contribution is 2.28. The second kappa shape index (κ2) is 5.33. The summed E-state index contributed by atoms with van der Waals surface area (Å²) in [4.78, 5) is 7.24. The molecule has 7 heteroatoms. The van der Waals surface area contributed by atoms with Gasteiger partial charge >= 0.3 is 0 Å². The van der Waals surface area contributed by atoms with E-state index in [0.29, 0.717) is 22.8 Å². The van der Waals surface area contributed by atoms with E-state index in [4.69, 9.17) is 4.74 Å². The lowest BCUT2D eigenvalue weighted by molar-refractivity contribution is -0.0258. The lowest BCUT2D eigenvalue weighted by Crippen LogP contribution is -2.45. The van der Waals surface area contributed by atoms with Gasteiger partial charge in [-0.25, -0.2) is 8.42 Å². The molecule has 3 aliphatic rings. The maximum atomic E-state index is 12.0. The lowest BCUT2D eigenvalue weighted by atomic mass is 10.2. The van der Waals surface area contributed by atoms with Crippen molar-refractivity contribution in [3.63, 3.8) is 0 Å². The second-order valence-electron chi connectivity index (χ2n) is 6.01. The van der Waals surface area contributed by atoms with E-state index in [1.54, 1.807) is 18.2 Å². The van der Waals surface area contributed by atoms with E-state index in [9.17, 15) is 8.42 Å². The van der Waals surface area contributed by atoms with E-state index in [2.05, 4.69) is 14.6 Å². The largest absolute Gasteiger partial charge is 0.374 e. The van der Waals surface area contributed by atoms with Crippen LogP contribution in [0.1, 0.15) is 18.4 Å². The van der Waals surface area contributed by atoms with Crippen LogP contribution in [-0.2, 0) is 14.8 Å². The SMILES string of the molecule is O=S1(=O)NC(=NCC2CN(C3CC3)CCO2)c2ccccc21. The van der Waals surface area contributed by atoms with Crippen molar-refractivity contribution in [2.45, 2.75) is 29.9 Å². The fourth-order valence-electron chi connectivity index (χ4n) is 3.07. The number of benzene rings is 1. The van der Waals surface area contributed by atoms with Gasteiger partial charge in [0.05, 0.1) is 24.2 Å². The van der Waals surface area contributed by atoms with Gasteiger partial charge in [-0.3, -0.25) is 14.6 Å². The van der Waals surface area contributed by atoms with Gasteiger partial charge in [0.2, 0.25) is 0 Å². The molecule has 0 spiro atoms. The third-order valence-electron chi connectivity index (χ3n) is 4.35. The smallest absolute Gasteiger partial charge is 0.263 e. The molecule has 1 saturated carbocycles. The minimum Gasteiger partial charge on any atom is -0.374 e. The Morgan fingerprint density at radius 3 is 2.95 bits per heavy atom. The van der Waals surface area contributed by atoms with Gasteiger partial charge < -0.3 is 4.74 Å². The quantitative estimate of drug-likeness (QED) is 0.884. The Kier molecular flexibility index (Phi) is 3.43. The summed E-state index contributed by atoms with van der Waals surface area (Å²) in [6.45, 7) is 3.09. The Labute approximate surface area is 130 Å². The normalized spacial score (nSPS) is 29.3. The Morgan fingerprint density at radius 1 is 1.32 bits per heavy atom. The number of amidine groups is 1. The molecule has 2 fully saturated rings. The average Bonchev–Trinajstić information content (AvgIpc) is 3.33. The number of rotatable bonds is 3. The van der Waals surface area contributed by atoms with E-state index < -0.39 is 10.0 Å². The molecule has 2 aliphatic heterocycles. The molecule has 1 saturated heterocycles. The van der Waals surface area contributed by atoms with Crippen LogP contribution in [0, 0.1) is 0 Å². The van der Waals surface area contributed by atoms with Gasteiger partial charge in [0.1, 0.15) is 5.84 Å². The lowest BCUT2D eigenvalue weighted by Gasteiger charge is -2.32. The van der Waals surface area contributed by atoms with Crippen molar-refractivity contribution in [1.29, 1.82) is 0 Å². The number of hydrogen-bond acceptors (Lipinski definition) is 5. The minimum atomic E-state index is -3.45. The van der Waals surface area contributed by atoms with Crippen molar-refractivity contribution in [1.82, 2.24) is 9.62 Å². The zero-order valence-corrected chi connectivity index (χ0v) is 13.1. The Balaban J connectivity index is 1.49. The predicted molar refractivity (Wildman–Crippen MR) is 82.5 cm³/mol. The molecule has 1 unspecified atom stereocenters. The molecule has 0 radical (unpaired) electrons. The fraction of sp³-hybridized carbons (Fsp3) is 0.533. The highest BCUT2D eigenvalue weighted by molar-refractivity contribution is 7.90. The number of sulfonamides is 1. The Hall–Kier alpha value is -1.44. The van der Waals surface area contributed by atoms with Gasteiger partial charge in [0, 0.05) is 24.7 Å². The molecule has 118 valence electrons. The molecule has 0 aromatic heterocycles. The third-order valence-corrected chi connectivity index (χ3v) is 5.75. The second-order valence-corrected chi connectivity index (χ2v) is 7.66. The summed E-state index contributed by atoms with van der Waals surface area (Å²) in [6, 6.07) is 7.65. The number of aliphatic imine (C=N–C) groups is 1. The molecule has 4 rings (SSSR count). The van der Waals surface area contributed by atoms with E-state index in [-0.39, 0.29) is 6.10 Å². The first kappa shape index (κ1) is 14.2. The van der Waals surface area contributed by atoms with Crippen molar-refractivity contribution in [2.24, 2.45) is 4.99 Å². The van der Waals surface area contributed by atoms with Crippen LogP contribution in [0.25, 0.3) is 0 Å². The molecule has 1 aromatic carbocycles. The molecular formula is C15H19N3O3S. The standard InChI is InChI=1S/C15H19N3O3S/c19-22(20)14-4-2-1-3-13(14)15(17-22)16-9-12-10-18(7-8-21-12)11-5-6-11/h1-4,11-12H,5-10H2,(H,16,17). The molecule has 1 atom stereocenters. The molecule has 22 heavy (non-hydrogen) atoms. The molecule has 6 nitrogen and oxygen atoms in total. The van der Waals surface area contributed by atoms with Gasteiger partial charge in [0.25, 0.3) is 10.0 Å². The number of nitrogens with one attached hydrogen (secondary N) is 1. The van der Waals surface area contributed by atoms with Crippen molar-refractivity contribution in [3.8, 4) is 0 Å². The third kappa shape index (κ3) is 2.64. The molecule has 0 amide bonds. The highest BCUT2D eigenvalue weighted by atomic mass is 32.2. The summed E-state index contributed by atoms with van der Waals surface area (Å²) in [5.74, 6) is 0.433. The van der Waals surface area contributed by atoms with Gasteiger partial charge in [-0.1, -0.05) is 12.1 Å². The highest BCUT2D eigenvalue weighted by Gasteiger charge is 2.34. The maximum absolute atomic E-state index is 12.0. The molecule has 1 aliphatic carbocycles. The Morgan fingerprint density at radius 2 is 2.14 bits per heavy atom. The minimum absolute atomic E-state index is 0.0408. The molecular weight excluding hydrogens is 302 g/mol. The molecule has 2 heterocycles. The number of ether oxygens (including phenoxy) is 1. The summed E-state index contributed by atoms with van der Waals surface area (Å²) in [7, 11) is -3.45. The van der Waals surface area contributed by atoms with Crippen molar-refractivity contribution >= 4 is 15.9 Å². The van der Waals surface area contributed by atoms with Gasteiger partial charge in [-0.05, 0) is 25.0 Å². The van der Waals surface area contributed by atoms with Crippen molar-refractivity contribution < 1.29 is 13.2 Å². The van der Waals surface area contributed by atoms with E-state index in [1.165, 1.54) is 12.8 Å². The number of morpholine rings is 1. The van der Waals surface area contributed by atoms with Crippen LogP contribution in [0.3, 0.4) is 0 Å². The maximum Gasteiger partial charge on any atom is 0.263 e.